The van der Waals surface area contributed by atoms with Crippen LogP contribution in [0, 0.1) is 6.92 Å². The van der Waals surface area contributed by atoms with Gasteiger partial charge in [-0.05, 0) is 25.5 Å². The Labute approximate surface area is 111 Å². The number of hydrogen-bond acceptors (Lipinski definition) is 4. The summed E-state index contributed by atoms with van der Waals surface area (Å²) in [6, 6.07) is 5.43. The molecule has 0 radical (unpaired) electrons. The van der Waals surface area contributed by atoms with Crippen LogP contribution in [0.4, 0.5) is 5.82 Å². The molecule has 0 N–H and O–H groups in total. The van der Waals surface area contributed by atoms with Crippen molar-refractivity contribution in [1.29, 1.82) is 0 Å². The van der Waals surface area contributed by atoms with Gasteiger partial charge in [-0.3, -0.25) is 9.20 Å². The Kier molecular flexibility index (Phi) is 2.98. The third kappa shape index (κ3) is 2.21. The van der Waals surface area contributed by atoms with Gasteiger partial charge in [-0.15, -0.1) is 0 Å². The van der Waals surface area contributed by atoms with Crippen molar-refractivity contribution in [1.82, 2.24) is 9.38 Å². The molecule has 0 bridgehead atoms. The Balaban J connectivity index is 2.10. The van der Waals surface area contributed by atoms with Crippen LogP contribution in [0.2, 0.25) is 0 Å². The summed E-state index contributed by atoms with van der Waals surface area (Å²) in [6.45, 7) is 6.22. The van der Waals surface area contributed by atoms with Crippen LogP contribution in [0.5, 0.6) is 0 Å². The molecule has 1 aliphatic heterocycles. The molecule has 19 heavy (non-hydrogen) atoms. The van der Waals surface area contributed by atoms with E-state index in [0.717, 1.165) is 30.1 Å². The van der Waals surface area contributed by atoms with Crippen LogP contribution in [0.3, 0.4) is 0 Å². The van der Waals surface area contributed by atoms with E-state index >= 15 is 0 Å². The van der Waals surface area contributed by atoms with Gasteiger partial charge in [-0.2, -0.15) is 0 Å². The first-order valence-electron chi connectivity index (χ1n) is 6.51. The average molecular weight is 259 g/mol. The van der Waals surface area contributed by atoms with Crippen molar-refractivity contribution >= 4 is 11.5 Å². The van der Waals surface area contributed by atoms with Gasteiger partial charge in [0.05, 0.1) is 12.7 Å². The molecule has 0 spiro atoms. The highest BCUT2D eigenvalue weighted by Gasteiger charge is 2.19. The second-order valence-corrected chi connectivity index (χ2v) is 4.96. The fourth-order valence-corrected chi connectivity index (χ4v) is 2.44. The number of pyridine rings is 1. The number of ether oxygens (including phenoxy) is 1. The first-order valence-corrected chi connectivity index (χ1v) is 6.51. The Morgan fingerprint density at radius 3 is 3.11 bits per heavy atom. The van der Waals surface area contributed by atoms with E-state index in [1.54, 1.807) is 16.7 Å². The smallest absolute Gasteiger partial charge is 0.259 e. The van der Waals surface area contributed by atoms with E-state index in [1.807, 2.05) is 26.0 Å². The summed E-state index contributed by atoms with van der Waals surface area (Å²) >= 11 is 0. The quantitative estimate of drug-likeness (QED) is 0.772. The molecule has 1 fully saturated rings. The van der Waals surface area contributed by atoms with Gasteiger partial charge in [-0.1, -0.05) is 6.07 Å². The molecule has 1 atom stereocenters. The summed E-state index contributed by atoms with van der Waals surface area (Å²) in [6.07, 6.45) is 1.93. The van der Waals surface area contributed by atoms with Gasteiger partial charge < -0.3 is 9.64 Å². The van der Waals surface area contributed by atoms with Gasteiger partial charge in [0, 0.05) is 25.4 Å². The highest BCUT2D eigenvalue weighted by Crippen LogP contribution is 2.15. The molecule has 3 rings (SSSR count). The Morgan fingerprint density at radius 1 is 1.47 bits per heavy atom. The van der Waals surface area contributed by atoms with Crippen molar-refractivity contribution in [3.05, 3.63) is 40.3 Å². The third-order valence-corrected chi connectivity index (χ3v) is 3.44. The summed E-state index contributed by atoms with van der Waals surface area (Å²) < 4.78 is 7.10. The van der Waals surface area contributed by atoms with Gasteiger partial charge in [0.2, 0.25) is 0 Å². The molecule has 3 heterocycles. The average Bonchev–Trinajstić information content (AvgIpc) is 2.40. The number of rotatable bonds is 1. The zero-order valence-electron chi connectivity index (χ0n) is 11.2. The second kappa shape index (κ2) is 4.66. The summed E-state index contributed by atoms with van der Waals surface area (Å²) in [7, 11) is 0. The van der Waals surface area contributed by atoms with Crippen molar-refractivity contribution in [2.75, 3.05) is 24.6 Å². The molecule has 2 aromatic rings. The molecule has 0 aliphatic carbocycles. The molecule has 1 unspecified atom stereocenters. The van der Waals surface area contributed by atoms with Gasteiger partial charge in [0.15, 0.2) is 0 Å². The molecule has 0 aromatic carbocycles. The van der Waals surface area contributed by atoms with E-state index < -0.39 is 0 Å². The minimum absolute atomic E-state index is 0.0390. The van der Waals surface area contributed by atoms with Gasteiger partial charge in [0.25, 0.3) is 5.56 Å². The Morgan fingerprint density at radius 2 is 2.32 bits per heavy atom. The first kappa shape index (κ1) is 12.2. The topological polar surface area (TPSA) is 46.8 Å². The maximum Gasteiger partial charge on any atom is 0.259 e. The van der Waals surface area contributed by atoms with Crippen LogP contribution in [-0.2, 0) is 4.74 Å². The van der Waals surface area contributed by atoms with E-state index in [1.165, 1.54) is 0 Å². The summed E-state index contributed by atoms with van der Waals surface area (Å²) in [4.78, 5) is 18.9. The van der Waals surface area contributed by atoms with Crippen LogP contribution in [0.1, 0.15) is 12.5 Å². The number of anilines is 1. The van der Waals surface area contributed by atoms with Crippen LogP contribution in [0.15, 0.2) is 29.2 Å². The molecule has 5 nitrogen and oxygen atoms in total. The van der Waals surface area contributed by atoms with Gasteiger partial charge >= 0.3 is 0 Å². The number of fused-ring (bicyclic) bond motifs is 1. The Hall–Kier alpha value is -1.88. The SMILES string of the molecule is Cc1cccn2c(=O)cc(N3CCOC(C)C3)nc12. The van der Waals surface area contributed by atoms with Crippen molar-refractivity contribution < 1.29 is 4.74 Å². The van der Waals surface area contributed by atoms with Crippen LogP contribution >= 0.6 is 0 Å². The number of nitrogens with zero attached hydrogens (tertiary/aromatic N) is 3. The number of aromatic nitrogens is 2. The summed E-state index contributed by atoms with van der Waals surface area (Å²) in [5, 5.41) is 0. The van der Waals surface area contributed by atoms with E-state index in [2.05, 4.69) is 9.88 Å². The lowest BCUT2D eigenvalue weighted by molar-refractivity contribution is 0.0529. The molecule has 2 aromatic heterocycles. The number of hydrogen-bond donors (Lipinski definition) is 0. The standard InChI is InChI=1S/C14H17N3O2/c1-10-4-3-5-17-13(18)8-12(15-14(10)17)16-6-7-19-11(2)9-16/h3-5,8,11H,6-7,9H2,1-2H3. The molecule has 1 aliphatic rings. The Bertz CT molecular complexity index is 665. The predicted octanol–water partition coefficient (Wildman–Crippen LogP) is 1.23. The van der Waals surface area contributed by atoms with E-state index in [4.69, 9.17) is 4.74 Å². The molecule has 5 heteroatoms. The molecule has 1 saturated heterocycles. The lowest BCUT2D eigenvalue weighted by Crippen LogP contribution is -2.42. The third-order valence-electron chi connectivity index (χ3n) is 3.44. The van der Waals surface area contributed by atoms with Gasteiger partial charge in [0.1, 0.15) is 11.5 Å². The monoisotopic (exact) mass is 259 g/mol. The second-order valence-electron chi connectivity index (χ2n) is 4.96. The fraction of sp³-hybridized carbons (Fsp3) is 0.429. The zero-order chi connectivity index (χ0) is 13.4. The van der Waals surface area contributed by atoms with Crippen LogP contribution in [-0.4, -0.2) is 35.2 Å². The highest BCUT2D eigenvalue weighted by molar-refractivity contribution is 5.53. The number of aryl methyl sites for hydroxylation is 1. The van der Waals surface area contributed by atoms with Crippen molar-refractivity contribution in [3.63, 3.8) is 0 Å². The minimum Gasteiger partial charge on any atom is -0.375 e. The molecule has 100 valence electrons. The van der Waals surface area contributed by atoms with E-state index in [0.29, 0.717) is 6.61 Å². The summed E-state index contributed by atoms with van der Waals surface area (Å²) in [5.74, 6) is 0.745. The van der Waals surface area contributed by atoms with E-state index in [9.17, 15) is 4.79 Å². The van der Waals surface area contributed by atoms with Gasteiger partial charge in [-0.25, -0.2) is 4.98 Å². The zero-order valence-corrected chi connectivity index (χ0v) is 11.2. The fourth-order valence-electron chi connectivity index (χ4n) is 2.44. The normalized spacial score (nSPS) is 19.9. The van der Waals surface area contributed by atoms with Crippen LogP contribution in [0.25, 0.3) is 5.65 Å². The lowest BCUT2D eigenvalue weighted by Gasteiger charge is -2.32. The van der Waals surface area contributed by atoms with Crippen molar-refractivity contribution in [3.8, 4) is 0 Å². The largest absolute Gasteiger partial charge is 0.375 e. The van der Waals surface area contributed by atoms with Crippen molar-refractivity contribution in [2.45, 2.75) is 20.0 Å². The van der Waals surface area contributed by atoms with E-state index in [-0.39, 0.29) is 11.7 Å². The molecule has 0 amide bonds. The maximum absolute atomic E-state index is 12.1. The van der Waals surface area contributed by atoms with Crippen LogP contribution < -0.4 is 10.5 Å². The maximum atomic E-state index is 12.1. The lowest BCUT2D eigenvalue weighted by atomic mass is 10.2. The highest BCUT2D eigenvalue weighted by atomic mass is 16.5. The molecule has 0 saturated carbocycles. The van der Waals surface area contributed by atoms with Crippen molar-refractivity contribution in [2.24, 2.45) is 0 Å². The first-order chi connectivity index (χ1) is 9.15. The molecular weight excluding hydrogens is 242 g/mol. The molecular formula is C14H17N3O2. The predicted molar refractivity (Wildman–Crippen MR) is 73.8 cm³/mol. The minimum atomic E-state index is -0.0390. The number of morpholine rings is 1. The summed E-state index contributed by atoms with van der Waals surface area (Å²) in [5.41, 5.74) is 1.69.